The van der Waals surface area contributed by atoms with Crippen LogP contribution in [0.25, 0.3) is 0 Å². The highest BCUT2D eigenvalue weighted by molar-refractivity contribution is 6.92. The van der Waals surface area contributed by atoms with Crippen molar-refractivity contribution in [2.45, 2.75) is 6.55 Å². The summed E-state index contributed by atoms with van der Waals surface area (Å²) in [6, 6.07) is 20.9. The van der Waals surface area contributed by atoms with E-state index in [-0.39, 0.29) is 0 Å². The highest BCUT2D eigenvalue weighted by atomic mass is 28.4. The molecule has 0 fully saturated rings. The molecule has 0 spiro atoms. The molecule has 0 aromatic heterocycles. The molecule has 0 aliphatic heterocycles. The molecule has 0 aliphatic carbocycles. The van der Waals surface area contributed by atoms with E-state index in [1.165, 1.54) is 10.4 Å². The number of benzene rings is 2. The summed E-state index contributed by atoms with van der Waals surface area (Å²) < 4.78 is 6.31. The minimum Gasteiger partial charge on any atom is -0.450 e. The molecule has 92 valence electrons. The molecule has 1 unspecified atom stereocenters. The van der Waals surface area contributed by atoms with Gasteiger partial charge in [0, 0.05) is 0 Å². The maximum atomic E-state index is 6.31. The van der Waals surface area contributed by atoms with Gasteiger partial charge in [0.25, 0.3) is 0 Å². The van der Waals surface area contributed by atoms with Gasteiger partial charge in [0.2, 0.25) is 8.32 Å². The highest BCUT2D eigenvalue weighted by Gasteiger charge is 2.27. The first kappa shape index (κ1) is 13.0. The molecule has 0 amide bonds. The van der Waals surface area contributed by atoms with Crippen molar-refractivity contribution in [3.8, 4) is 0 Å². The lowest BCUT2D eigenvalue weighted by Gasteiger charge is -2.24. The standard InChI is InChI=1S/C15H18OSi2/c1-3-18(2,15-12-8-5-9-13-15)16-17-14-10-6-4-7-11-14/h3-13H,1,17H2,2H3. The van der Waals surface area contributed by atoms with Gasteiger partial charge in [-0.3, -0.25) is 0 Å². The van der Waals surface area contributed by atoms with Crippen molar-refractivity contribution in [3.63, 3.8) is 0 Å². The third-order valence-electron chi connectivity index (χ3n) is 3.12. The zero-order chi connectivity index (χ0) is 12.8. The zero-order valence-electron chi connectivity index (χ0n) is 10.7. The summed E-state index contributed by atoms with van der Waals surface area (Å²) in [6.07, 6.45) is 0. The molecule has 1 nitrogen and oxygen atoms in total. The van der Waals surface area contributed by atoms with E-state index in [0.29, 0.717) is 0 Å². The van der Waals surface area contributed by atoms with Crippen LogP contribution >= 0.6 is 0 Å². The van der Waals surface area contributed by atoms with Crippen LogP contribution in [0.2, 0.25) is 6.55 Å². The molecule has 0 saturated heterocycles. The lowest BCUT2D eigenvalue weighted by molar-refractivity contribution is 0.622. The summed E-state index contributed by atoms with van der Waals surface area (Å²) in [5.74, 6) is 0. The van der Waals surface area contributed by atoms with Gasteiger partial charge in [-0.1, -0.05) is 66.4 Å². The predicted octanol–water partition coefficient (Wildman–Crippen LogP) is 1.62. The Morgan fingerprint density at radius 2 is 1.56 bits per heavy atom. The molecule has 0 radical (unpaired) electrons. The first-order chi connectivity index (χ1) is 8.74. The average molecular weight is 270 g/mol. The van der Waals surface area contributed by atoms with Gasteiger partial charge in [-0.25, -0.2) is 0 Å². The topological polar surface area (TPSA) is 9.23 Å². The fourth-order valence-electron chi connectivity index (χ4n) is 1.84. The summed E-state index contributed by atoms with van der Waals surface area (Å²) in [5.41, 5.74) is 2.03. The van der Waals surface area contributed by atoms with E-state index >= 15 is 0 Å². The van der Waals surface area contributed by atoms with Crippen molar-refractivity contribution >= 4 is 28.5 Å². The van der Waals surface area contributed by atoms with Gasteiger partial charge in [0.05, 0.1) is 0 Å². The monoisotopic (exact) mass is 270 g/mol. The second-order valence-corrected chi connectivity index (χ2v) is 9.91. The molecule has 3 heteroatoms. The van der Waals surface area contributed by atoms with Crippen LogP contribution in [0.3, 0.4) is 0 Å². The molecule has 1 atom stereocenters. The molecule has 18 heavy (non-hydrogen) atoms. The molecule has 2 aromatic rings. The van der Waals surface area contributed by atoms with Crippen LogP contribution < -0.4 is 10.4 Å². The fourth-order valence-corrected chi connectivity index (χ4v) is 6.40. The van der Waals surface area contributed by atoms with Gasteiger partial charge in [-0.15, -0.1) is 6.58 Å². The van der Waals surface area contributed by atoms with E-state index in [1.54, 1.807) is 0 Å². The van der Waals surface area contributed by atoms with E-state index in [9.17, 15) is 0 Å². The molecule has 0 bridgehead atoms. The van der Waals surface area contributed by atoms with Crippen LogP contribution in [0.15, 0.2) is 72.9 Å². The van der Waals surface area contributed by atoms with E-state index in [4.69, 9.17) is 4.12 Å². The van der Waals surface area contributed by atoms with Crippen molar-refractivity contribution in [1.29, 1.82) is 0 Å². The Labute approximate surface area is 112 Å². The Hall–Kier alpha value is -1.43. The molecule has 0 aliphatic rings. The molecule has 2 aromatic carbocycles. The predicted molar refractivity (Wildman–Crippen MR) is 83.6 cm³/mol. The highest BCUT2D eigenvalue weighted by Crippen LogP contribution is 2.06. The Balaban J connectivity index is 2.12. The molecule has 0 N–H and O–H groups in total. The Bertz CT molecular complexity index is 498. The summed E-state index contributed by atoms with van der Waals surface area (Å²) >= 11 is 0. The van der Waals surface area contributed by atoms with Crippen molar-refractivity contribution < 1.29 is 4.12 Å². The van der Waals surface area contributed by atoms with Crippen LogP contribution in [0.1, 0.15) is 0 Å². The third-order valence-corrected chi connectivity index (χ3v) is 9.16. The average Bonchev–Trinajstić information content (AvgIpc) is 2.47. The summed E-state index contributed by atoms with van der Waals surface area (Å²) in [4.78, 5) is 0. The smallest absolute Gasteiger partial charge is 0.233 e. The summed E-state index contributed by atoms with van der Waals surface area (Å²) in [7, 11) is -2.64. The SMILES string of the molecule is C=C[Si](C)(O[SiH2]c1ccccc1)c1ccccc1. The lowest BCUT2D eigenvalue weighted by atomic mass is 10.4. The van der Waals surface area contributed by atoms with Crippen LogP contribution in [0, 0.1) is 0 Å². The van der Waals surface area contributed by atoms with E-state index in [2.05, 4.69) is 61.7 Å². The minimum absolute atomic E-state index is 0.680. The van der Waals surface area contributed by atoms with E-state index < -0.39 is 18.1 Å². The Kier molecular flexibility index (Phi) is 4.30. The summed E-state index contributed by atoms with van der Waals surface area (Å²) in [6.45, 7) is 6.19. The molecule has 2 rings (SSSR count). The maximum Gasteiger partial charge on any atom is 0.233 e. The molecular weight excluding hydrogens is 252 g/mol. The van der Waals surface area contributed by atoms with Gasteiger partial charge < -0.3 is 4.12 Å². The van der Waals surface area contributed by atoms with E-state index in [1.807, 2.05) is 17.8 Å². The van der Waals surface area contributed by atoms with Crippen molar-refractivity contribution in [3.05, 3.63) is 72.9 Å². The van der Waals surface area contributed by atoms with Gasteiger partial charge in [0.15, 0.2) is 9.76 Å². The fraction of sp³-hybridized carbons (Fsp3) is 0.0667. The minimum atomic E-state index is -1.96. The van der Waals surface area contributed by atoms with Crippen molar-refractivity contribution in [2.75, 3.05) is 0 Å². The number of rotatable bonds is 5. The quantitative estimate of drug-likeness (QED) is 0.750. The largest absolute Gasteiger partial charge is 0.450 e. The van der Waals surface area contributed by atoms with Gasteiger partial charge >= 0.3 is 0 Å². The van der Waals surface area contributed by atoms with Crippen molar-refractivity contribution in [1.82, 2.24) is 0 Å². The number of hydrogen-bond donors (Lipinski definition) is 0. The van der Waals surface area contributed by atoms with Gasteiger partial charge in [-0.2, -0.15) is 0 Å². The number of hydrogen-bond acceptors (Lipinski definition) is 1. The second-order valence-electron chi connectivity index (χ2n) is 4.45. The third kappa shape index (κ3) is 3.07. The van der Waals surface area contributed by atoms with Crippen LogP contribution in [-0.4, -0.2) is 18.1 Å². The van der Waals surface area contributed by atoms with Crippen LogP contribution in [0.5, 0.6) is 0 Å². The Morgan fingerprint density at radius 3 is 2.11 bits per heavy atom. The van der Waals surface area contributed by atoms with Gasteiger partial charge in [0.1, 0.15) is 0 Å². The van der Waals surface area contributed by atoms with Gasteiger partial charge in [-0.05, 0) is 16.9 Å². The molecule has 0 saturated carbocycles. The molecular formula is C15H18OSi2. The lowest BCUT2D eigenvalue weighted by Crippen LogP contribution is -2.48. The normalized spacial score (nSPS) is 14.5. The summed E-state index contributed by atoms with van der Waals surface area (Å²) in [5, 5.41) is 2.64. The maximum absolute atomic E-state index is 6.31. The van der Waals surface area contributed by atoms with Crippen LogP contribution in [0.4, 0.5) is 0 Å². The van der Waals surface area contributed by atoms with E-state index in [0.717, 1.165) is 0 Å². The van der Waals surface area contributed by atoms with Crippen LogP contribution in [-0.2, 0) is 4.12 Å². The second kappa shape index (κ2) is 5.95. The molecule has 0 heterocycles. The first-order valence-electron chi connectivity index (χ1n) is 6.11. The Morgan fingerprint density at radius 1 is 1.00 bits per heavy atom. The zero-order valence-corrected chi connectivity index (χ0v) is 13.1. The van der Waals surface area contributed by atoms with Crippen molar-refractivity contribution in [2.24, 2.45) is 0 Å². The first-order valence-corrected chi connectivity index (χ1v) is 9.88.